The molecule has 3 heterocycles. The third-order valence-electron chi connectivity index (χ3n) is 4.85. The van der Waals surface area contributed by atoms with Gasteiger partial charge in [-0.25, -0.2) is 9.97 Å². The highest BCUT2D eigenvalue weighted by atomic mass is 32.2. The minimum Gasteiger partial charge on any atom is -0.315 e. The number of aromatic amines is 1. The van der Waals surface area contributed by atoms with Crippen molar-refractivity contribution in [3.05, 3.63) is 88.8 Å². The second-order valence-electron chi connectivity index (χ2n) is 6.78. The molecular formula is C23H18N4OS2. The summed E-state index contributed by atoms with van der Waals surface area (Å²) in [5, 5.41) is 3.54. The molecule has 0 saturated carbocycles. The standard InChI is InChI=1S/C23H18N4OS2/c1-2-12-27-18-11-7-6-10-17(18)24-23(27)30-14-19-25-21(28)20-16(13-29-22(20)26-19)15-8-4-3-5-9-15/h2-11,13H,1,12,14H2,(H,25,26,28). The second kappa shape index (κ2) is 7.93. The third kappa shape index (κ3) is 3.36. The number of thioether (sulfide) groups is 1. The molecule has 0 bridgehead atoms. The van der Waals surface area contributed by atoms with Crippen LogP contribution in [0.4, 0.5) is 0 Å². The number of hydrogen-bond acceptors (Lipinski definition) is 5. The van der Waals surface area contributed by atoms with Crippen molar-refractivity contribution >= 4 is 44.3 Å². The van der Waals surface area contributed by atoms with Gasteiger partial charge in [0.25, 0.3) is 5.56 Å². The SMILES string of the molecule is C=CCn1c(SCc2nc3scc(-c4ccccc4)c3c(=O)[nH]2)nc2ccccc21. The molecule has 5 rings (SSSR count). The van der Waals surface area contributed by atoms with Crippen LogP contribution in [-0.4, -0.2) is 19.5 Å². The molecule has 0 radical (unpaired) electrons. The zero-order valence-corrected chi connectivity index (χ0v) is 17.7. The number of nitrogens with one attached hydrogen (secondary N) is 1. The lowest BCUT2D eigenvalue weighted by Crippen LogP contribution is -2.11. The molecule has 0 saturated heterocycles. The molecule has 0 aliphatic carbocycles. The Morgan fingerprint density at radius 1 is 1.10 bits per heavy atom. The molecule has 5 nitrogen and oxygen atoms in total. The predicted molar refractivity (Wildman–Crippen MR) is 125 cm³/mol. The van der Waals surface area contributed by atoms with Gasteiger partial charge in [0.05, 0.1) is 22.2 Å². The number of para-hydroxylation sites is 2. The van der Waals surface area contributed by atoms with E-state index in [-0.39, 0.29) is 5.56 Å². The van der Waals surface area contributed by atoms with E-state index >= 15 is 0 Å². The van der Waals surface area contributed by atoms with Gasteiger partial charge in [-0.15, -0.1) is 17.9 Å². The molecule has 0 aliphatic rings. The number of H-pyrrole nitrogens is 1. The fourth-order valence-corrected chi connectivity index (χ4v) is 5.36. The number of benzene rings is 2. The van der Waals surface area contributed by atoms with Crippen LogP contribution in [0.3, 0.4) is 0 Å². The van der Waals surface area contributed by atoms with E-state index in [0.717, 1.165) is 32.1 Å². The Labute approximate surface area is 181 Å². The molecule has 7 heteroatoms. The molecule has 2 aromatic carbocycles. The summed E-state index contributed by atoms with van der Waals surface area (Å²) in [6.45, 7) is 4.54. The van der Waals surface area contributed by atoms with Gasteiger partial charge >= 0.3 is 0 Å². The van der Waals surface area contributed by atoms with E-state index in [1.807, 2.05) is 60.0 Å². The van der Waals surface area contributed by atoms with E-state index in [0.29, 0.717) is 23.5 Å². The fraction of sp³-hybridized carbons (Fsp3) is 0.0870. The number of thiophene rings is 1. The zero-order chi connectivity index (χ0) is 20.5. The summed E-state index contributed by atoms with van der Waals surface area (Å²) in [6.07, 6.45) is 1.86. The molecule has 30 heavy (non-hydrogen) atoms. The van der Waals surface area contributed by atoms with Crippen LogP contribution in [0, 0.1) is 0 Å². The molecule has 0 unspecified atom stereocenters. The highest BCUT2D eigenvalue weighted by Crippen LogP contribution is 2.31. The quantitative estimate of drug-likeness (QED) is 0.286. The molecule has 1 N–H and O–H groups in total. The molecule has 0 spiro atoms. The van der Waals surface area contributed by atoms with Gasteiger partial charge in [0.1, 0.15) is 10.7 Å². The first-order valence-corrected chi connectivity index (χ1v) is 11.4. The van der Waals surface area contributed by atoms with E-state index in [9.17, 15) is 4.79 Å². The molecule has 5 aromatic rings. The Morgan fingerprint density at radius 3 is 2.73 bits per heavy atom. The van der Waals surface area contributed by atoms with E-state index in [2.05, 4.69) is 22.2 Å². The van der Waals surface area contributed by atoms with E-state index in [1.54, 1.807) is 11.8 Å². The van der Waals surface area contributed by atoms with Crippen LogP contribution in [0.15, 0.2) is 82.6 Å². The summed E-state index contributed by atoms with van der Waals surface area (Å²) in [4.78, 5) is 26.0. The summed E-state index contributed by atoms with van der Waals surface area (Å²) in [6, 6.07) is 18.0. The number of allylic oxidation sites excluding steroid dienone is 1. The lowest BCUT2D eigenvalue weighted by atomic mass is 10.1. The van der Waals surface area contributed by atoms with Gasteiger partial charge in [0.15, 0.2) is 5.16 Å². The van der Waals surface area contributed by atoms with Gasteiger partial charge in [0, 0.05) is 17.5 Å². The zero-order valence-electron chi connectivity index (χ0n) is 16.0. The number of aromatic nitrogens is 4. The Morgan fingerprint density at radius 2 is 1.90 bits per heavy atom. The first kappa shape index (κ1) is 18.8. The largest absolute Gasteiger partial charge is 0.315 e. The summed E-state index contributed by atoms with van der Waals surface area (Å²) in [7, 11) is 0. The number of fused-ring (bicyclic) bond motifs is 2. The van der Waals surface area contributed by atoms with E-state index in [1.165, 1.54) is 11.3 Å². The lowest BCUT2D eigenvalue weighted by Gasteiger charge is -2.06. The molecule has 148 valence electrons. The fourth-order valence-electron chi connectivity index (χ4n) is 3.49. The van der Waals surface area contributed by atoms with Crippen molar-refractivity contribution in [2.45, 2.75) is 17.5 Å². The molecule has 0 amide bonds. The Balaban J connectivity index is 1.47. The van der Waals surface area contributed by atoms with Crippen molar-refractivity contribution in [1.29, 1.82) is 0 Å². The summed E-state index contributed by atoms with van der Waals surface area (Å²) in [5.41, 5.74) is 3.87. The van der Waals surface area contributed by atoms with Gasteiger partial charge in [-0.1, -0.05) is 60.3 Å². The first-order chi connectivity index (χ1) is 14.7. The molecule has 3 aromatic heterocycles. The van der Waals surface area contributed by atoms with E-state index < -0.39 is 0 Å². The smallest absolute Gasteiger partial charge is 0.260 e. The van der Waals surface area contributed by atoms with Crippen molar-refractivity contribution in [3.63, 3.8) is 0 Å². The molecule has 0 fully saturated rings. The van der Waals surface area contributed by atoms with Crippen molar-refractivity contribution in [2.24, 2.45) is 0 Å². The minimum absolute atomic E-state index is 0.102. The third-order valence-corrected chi connectivity index (χ3v) is 6.71. The van der Waals surface area contributed by atoms with Gasteiger partial charge in [0.2, 0.25) is 0 Å². The van der Waals surface area contributed by atoms with Gasteiger partial charge in [-0.3, -0.25) is 4.79 Å². The summed E-state index contributed by atoms with van der Waals surface area (Å²) in [5.74, 6) is 1.18. The van der Waals surface area contributed by atoms with Crippen molar-refractivity contribution in [2.75, 3.05) is 0 Å². The first-order valence-electron chi connectivity index (χ1n) is 9.49. The van der Waals surface area contributed by atoms with Crippen molar-refractivity contribution in [1.82, 2.24) is 19.5 Å². The van der Waals surface area contributed by atoms with Gasteiger partial charge < -0.3 is 9.55 Å². The maximum Gasteiger partial charge on any atom is 0.260 e. The number of imidazole rings is 1. The monoisotopic (exact) mass is 430 g/mol. The molecule has 0 atom stereocenters. The summed E-state index contributed by atoms with van der Waals surface area (Å²) >= 11 is 3.06. The van der Waals surface area contributed by atoms with Gasteiger partial charge in [-0.2, -0.15) is 0 Å². The van der Waals surface area contributed by atoms with Crippen LogP contribution in [0.1, 0.15) is 5.82 Å². The van der Waals surface area contributed by atoms with Crippen LogP contribution in [0.2, 0.25) is 0 Å². The number of rotatable bonds is 6. The lowest BCUT2D eigenvalue weighted by molar-refractivity contribution is 0.748. The van der Waals surface area contributed by atoms with E-state index in [4.69, 9.17) is 9.97 Å². The second-order valence-corrected chi connectivity index (χ2v) is 8.58. The van der Waals surface area contributed by atoms with Crippen molar-refractivity contribution < 1.29 is 0 Å². The summed E-state index contributed by atoms with van der Waals surface area (Å²) < 4.78 is 2.13. The average molecular weight is 431 g/mol. The predicted octanol–water partition coefficient (Wildman–Crippen LogP) is 5.48. The highest BCUT2D eigenvalue weighted by molar-refractivity contribution is 7.98. The van der Waals surface area contributed by atoms with Crippen LogP contribution in [0.5, 0.6) is 0 Å². The maximum atomic E-state index is 12.8. The number of nitrogens with zero attached hydrogens (tertiary/aromatic N) is 3. The van der Waals surface area contributed by atoms with Crippen molar-refractivity contribution in [3.8, 4) is 11.1 Å². The number of hydrogen-bond donors (Lipinski definition) is 1. The molecule has 0 aliphatic heterocycles. The Bertz CT molecular complexity index is 1420. The Hall–Kier alpha value is -3.16. The van der Waals surface area contributed by atoms with Crippen LogP contribution in [0.25, 0.3) is 32.4 Å². The molecular weight excluding hydrogens is 412 g/mol. The maximum absolute atomic E-state index is 12.8. The van der Waals surface area contributed by atoms with Crippen LogP contribution >= 0.6 is 23.1 Å². The van der Waals surface area contributed by atoms with Gasteiger partial charge in [-0.05, 0) is 17.7 Å². The topological polar surface area (TPSA) is 63.6 Å². The van der Waals surface area contributed by atoms with Crippen LogP contribution < -0.4 is 5.56 Å². The average Bonchev–Trinajstić information content (AvgIpc) is 3.35. The van der Waals surface area contributed by atoms with Crippen LogP contribution in [-0.2, 0) is 12.3 Å². The normalized spacial score (nSPS) is 11.3. The highest BCUT2D eigenvalue weighted by Gasteiger charge is 2.15. The minimum atomic E-state index is -0.102. The Kier molecular flexibility index (Phi) is 4.98.